The third-order valence-corrected chi connectivity index (χ3v) is 3.47. The van der Waals surface area contributed by atoms with E-state index < -0.39 is 0 Å². The van der Waals surface area contributed by atoms with Crippen molar-refractivity contribution in [1.82, 2.24) is 0 Å². The second kappa shape index (κ2) is 13.7. The average molecular weight is 402 g/mol. The van der Waals surface area contributed by atoms with Crippen LogP contribution in [0.5, 0.6) is 0 Å². The van der Waals surface area contributed by atoms with Crippen molar-refractivity contribution in [2.24, 2.45) is 0 Å². The van der Waals surface area contributed by atoms with Gasteiger partial charge in [0.2, 0.25) is 0 Å². The first-order valence-corrected chi connectivity index (χ1v) is 8.49. The third-order valence-electron chi connectivity index (χ3n) is 3.47. The minimum absolute atomic E-state index is 0. The predicted octanol–water partition coefficient (Wildman–Crippen LogP) is 4.86. The minimum atomic E-state index is 0. The summed E-state index contributed by atoms with van der Waals surface area (Å²) in [7, 11) is 0. The topological polar surface area (TPSA) is 83.3 Å². The van der Waals surface area contributed by atoms with Crippen LogP contribution in [0.15, 0.2) is 84.3 Å². The number of benzene rings is 2. The Hall–Kier alpha value is -2.43. The molecule has 0 saturated heterocycles. The zero-order valence-electron chi connectivity index (χ0n) is 15.6. The second-order valence-corrected chi connectivity index (χ2v) is 5.48. The Morgan fingerprint density at radius 2 is 1.00 bits per heavy atom. The fourth-order valence-electron chi connectivity index (χ4n) is 1.90. The van der Waals surface area contributed by atoms with Gasteiger partial charge in [0.1, 0.15) is 11.5 Å². The third kappa shape index (κ3) is 9.73. The first-order valence-electron chi connectivity index (χ1n) is 8.49. The molecule has 4 N–H and O–H groups in total. The van der Waals surface area contributed by atoms with Gasteiger partial charge in [-0.3, -0.25) is 9.59 Å². The molecule has 4 nitrogen and oxygen atoms in total. The van der Waals surface area contributed by atoms with Crippen LogP contribution < -0.4 is 0 Å². The standard InChI is InChI=1S/2C11H12O2.Ti/c2*1-2-10(12)8-11(13)9-6-4-3-5-7-9;/h2*3-8,12H,2H2,1H3;/p+2/b2*10-8-;. The molecule has 2 aromatic rings. The van der Waals surface area contributed by atoms with Gasteiger partial charge in [0.05, 0.1) is 23.3 Å². The maximum atomic E-state index is 9.50. The van der Waals surface area contributed by atoms with Crippen LogP contribution in [0.3, 0.4) is 0 Å². The number of aliphatic hydroxyl groups excluding tert-OH is 2. The Balaban J connectivity index is 0.000000483. The van der Waals surface area contributed by atoms with E-state index in [1.54, 1.807) is 24.3 Å². The summed E-state index contributed by atoms with van der Waals surface area (Å²) in [5.74, 6) is 0.558. The summed E-state index contributed by atoms with van der Waals surface area (Å²) in [5, 5.41) is 18.3. The molecule has 0 aliphatic rings. The average Bonchev–Trinajstić information content (AvgIpc) is 2.69. The van der Waals surface area contributed by atoms with Crippen LogP contribution in [-0.4, -0.2) is 31.4 Å². The molecule has 0 aliphatic heterocycles. The molecule has 27 heavy (non-hydrogen) atoms. The number of hydrogen-bond donors (Lipinski definition) is 2. The van der Waals surface area contributed by atoms with Gasteiger partial charge in [-0.25, -0.2) is 0 Å². The van der Waals surface area contributed by atoms with Crippen LogP contribution >= 0.6 is 0 Å². The number of aliphatic hydroxyl groups is 2. The van der Waals surface area contributed by atoms with Gasteiger partial charge < -0.3 is 10.2 Å². The quantitative estimate of drug-likeness (QED) is 0.238. The number of hydrogen-bond acceptors (Lipinski definition) is 2. The Kier molecular flexibility index (Phi) is 12.5. The SMILES string of the molecule is CC/C(O)=C/C(=[OH+])c1ccccc1.CC/C(O)=C/C(=[OH+])c1ccccc1.[Ti]. The van der Waals surface area contributed by atoms with Gasteiger partial charge in [0.15, 0.2) is 0 Å². The largest absolute Gasteiger partial charge is 0.512 e. The fraction of sp³-hybridized carbons (Fsp3) is 0.182. The van der Waals surface area contributed by atoms with Gasteiger partial charge in [-0.05, 0) is 24.3 Å². The molecule has 0 amide bonds. The monoisotopic (exact) mass is 402 g/mol. The maximum Gasteiger partial charge on any atom is 0.350 e. The van der Waals surface area contributed by atoms with Crippen molar-refractivity contribution in [3.63, 3.8) is 0 Å². The molecule has 0 heterocycles. The van der Waals surface area contributed by atoms with Crippen LogP contribution in [-0.2, 0) is 21.7 Å². The second-order valence-electron chi connectivity index (χ2n) is 5.48. The molecule has 0 bridgehead atoms. The Bertz CT molecular complexity index is 698. The minimum Gasteiger partial charge on any atom is -0.512 e. The molecule has 0 fully saturated rings. The Labute approximate surface area is 175 Å². The molecule has 2 aromatic carbocycles. The van der Waals surface area contributed by atoms with E-state index in [1.807, 2.05) is 50.2 Å². The predicted molar refractivity (Wildman–Crippen MR) is 107 cm³/mol. The molecule has 0 atom stereocenters. The zero-order valence-corrected chi connectivity index (χ0v) is 17.2. The van der Waals surface area contributed by atoms with E-state index in [0.717, 1.165) is 0 Å². The van der Waals surface area contributed by atoms with Gasteiger partial charge in [0, 0.05) is 34.6 Å². The van der Waals surface area contributed by atoms with Crippen molar-refractivity contribution >= 4 is 11.6 Å². The first kappa shape index (κ1) is 24.6. The van der Waals surface area contributed by atoms with E-state index in [-0.39, 0.29) is 44.8 Å². The number of rotatable bonds is 6. The molecule has 2 rings (SSSR count). The van der Waals surface area contributed by atoms with Crippen LogP contribution in [0.1, 0.15) is 37.8 Å². The molecule has 140 valence electrons. The van der Waals surface area contributed by atoms with E-state index >= 15 is 0 Å². The summed E-state index contributed by atoms with van der Waals surface area (Å²) in [4.78, 5) is 19.0. The molecule has 5 heteroatoms. The van der Waals surface area contributed by atoms with Crippen LogP contribution in [0, 0.1) is 0 Å². The molecular weight excluding hydrogens is 376 g/mol. The van der Waals surface area contributed by atoms with Gasteiger partial charge in [0.25, 0.3) is 0 Å². The summed E-state index contributed by atoms with van der Waals surface area (Å²) in [6.07, 6.45) is 3.79. The number of ketones is 2. The van der Waals surface area contributed by atoms with E-state index in [1.165, 1.54) is 12.2 Å². The summed E-state index contributed by atoms with van der Waals surface area (Å²) in [6, 6.07) is 18.2. The van der Waals surface area contributed by atoms with Crippen LogP contribution in [0.25, 0.3) is 0 Å². The molecule has 0 aliphatic carbocycles. The van der Waals surface area contributed by atoms with Gasteiger partial charge in [-0.2, -0.15) is 0 Å². The molecule has 0 spiro atoms. The van der Waals surface area contributed by atoms with Crippen LogP contribution in [0.4, 0.5) is 0 Å². The molecule has 0 unspecified atom stereocenters. The number of carbonyl (C=O) groups excluding carboxylic acids is 2. The van der Waals surface area contributed by atoms with Crippen molar-refractivity contribution in [3.05, 3.63) is 95.5 Å². The van der Waals surface area contributed by atoms with E-state index in [0.29, 0.717) is 24.0 Å². The van der Waals surface area contributed by atoms with Gasteiger partial charge in [-0.1, -0.05) is 50.2 Å². The first-order chi connectivity index (χ1) is 12.5. The molecule has 0 aromatic heterocycles. The summed E-state index contributed by atoms with van der Waals surface area (Å²) < 4.78 is 0. The fourth-order valence-corrected chi connectivity index (χ4v) is 1.90. The van der Waals surface area contributed by atoms with E-state index in [9.17, 15) is 9.59 Å². The Morgan fingerprint density at radius 3 is 1.26 bits per heavy atom. The zero-order chi connectivity index (χ0) is 19.4. The molecule has 0 saturated carbocycles. The number of allylic oxidation sites excluding steroid dienone is 4. The summed E-state index contributed by atoms with van der Waals surface area (Å²) in [5.41, 5.74) is 1.42. The van der Waals surface area contributed by atoms with Crippen molar-refractivity contribution < 1.29 is 41.5 Å². The van der Waals surface area contributed by atoms with Crippen LogP contribution in [0.2, 0.25) is 0 Å². The maximum absolute atomic E-state index is 9.50. The van der Waals surface area contributed by atoms with E-state index in [4.69, 9.17) is 10.2 Å². The normalized spacial score (nSPS) is 10.9. The smallest absolute Gasteiger partial charge is 0.350 e. The van der Waals surface area contributed by atoms with Gasteiger partial charge >= 0.3 is 11.6 Å². The summed E-state index contributed by atoms with van der Waals surface area (Å²) in [6.45, 7) is 3.65. The van der Waals surface area contributed by atoms with Crippen molar-refractivity contribution in [3.8, 4) is 0 Å². The Morgan fingerprint density at radius 1 is 0.704 bits per heavy atom. The van der Waals surface area contributed by atoms with Gasteiger partial charge in [-0.15, -0.1) is 0 Å². The van der Waals surface area contributed by atoms with Crippen molar-refractivity contribution in [2.75, 3.05) is 0 Å². The van der Waals surface area contributed by atoms with E-state index in [2.05, 4.69) is 0 Å². The van der Waals surface area contributed by atoms with Crippen molar-refractivity contribution in [2.45, 2.75) is 26.7 Å². The molecule has 0 radical (unpaired) electrons. The van der Waals surface area contributed by atoms with Crippen molar-refractivity contribution in [1.29, 1.82) is 0 Å². The molecular formula is C22H26O4Ti+2. The summed E-state index contributed by atoms with van der Waals surface area (Å²) >= 11 is 0.